The number of nitrogens with one attached hydrogen (secondary N) is 9. The van der Waals surface area contributed by atoms with Gasteiger partial charge in [0.05, 0.1) is 32.0 Å². The SMILES string of the molecule is CC(C)C[C@H](NC(=O)[C@H](CO)NC(=O)[C@H](CCC(=O)O)NC(=O)[C@@H](N)CS)C(=O)N[C@@H](CO)C(=O)N[C@@H](Cc1cnc[nH]1)C(=O)N[C@H](C(=O)N[C@@H](CC(=O)O)C(=O)N[C@@H](CS)C(=O)O)C(C)C. The first kappa shape index (κ1) is 59.0. The Bertz CT molecular complexity index is 1890. The normalized spacial score (nSPS) is 15.1. The second-order valence-electron chi connectivity index (χ2n) is 15.8. The van der Waals surface area contributed by atoms with Crippen LogP contribution in [-0.2, 0) is 59.2 Å². The van der Waals surface area contributed by atoms with Crippen LogP contribution in [0.1, 0.15) is 59.1 Å². The van der Waals surface area contributed by atoms with E-state index >= 15 is 0 Å². The maximum atomic E-state index is 13.8. The molecule has 0 fully saturated rings. The number of carboxylic acid groups (broad SMARTS) is 3. The van der Waals surface area contributed by atoms with Crippen molar-refractivity contribution in [2.45, 2.75) is 114 Å². The summed E-state index contributed by atoms with van der Waals surface area (Å²) in [5, 5.41) is 66.3. The standard InChI is InChI=1S/C38H61N11O16S2/c1-16(2)7-21(43-35(61)24(11-50)46-31(57)20(5-6-27(52)53)42-30(56)19(39)13-66)32(58)47-25(12-51)36(62)44-22(8-18-10-40-15-41-18)34(60)49-29(17(3)4)37(63)45-23(9-28(54)55)33(59)48-26(14-67)38(64)65/h10,15-17,19-26,29,50-51,66-67H,5-9,11-14,39H2,1-4H3,(H,40,41)(H,42,56)(H,43,61)(H,44,62)(H,45,63)(H,46,57)(H,47,58)(H,48,59)(H,49,60)(H,52,53)(H,54,55)(H,64,65)/t19-,20-,21-,22-,23-,24-,25-,26-,29-/m0/s1. The molecule has 0 aliphatic carbocycles. The highest BCUT2D eigenvalue weighted by Crippen LogP contribution is 2.10. The van der Waals surface area contributed by atoms with E-state index in [1.54, 1.807) is 13.8 Å². The highest BCUT2D eigenvalue weighted by molar-refractivity contribution is 7.80. The molecule has 9 atom stereocenters. The molecule has 1 aromatic heterocycles. The number of carbonyl (C=O) groups is 11. The van der Waals surface area contributed by atoms with Gasteiger partial charge in [-0.05, 0) is 24.7 Å². The largest absolute Gasteiger partial charge is 0.481 e. The molecule has 0 aliphatic rings. The van der Waals surface area contributed by atoms with E-state index in [0.717, 1.165) is 0 Å². The number of imidazole rings is 1. The molecule has 1 aromatic rings. The summed E-state index contributed by atoms with van der Waals surface area (Å²) in [7, 11) is 0. The lowest BCUT2D eigenvalue weighted by Gasteiger charge is -2.28. The van der Waals surface area contributed by atoms with Gasteiger partial charge in [0.25, 0.3) is 0 Å². The predicted molar refractivity (Wildman–Crippen MR) is 239 cm³/mol. The molecule has 0 spiro atoms. The Kier molecular flexibility index (Phi) is 26.0. The summed E-state index contributed by atoms with van der Waals surface area (Å²) in [5.41, 5.74) is 5.93. The summed E-state index contributed by atoms with van der Waals surface area (Å²) in [4.78, 5) is 147. The average molecular weight is 992 g/mol. The second kappa shape index (κ2) is 29.6. The maximum absolute atomic E-state index is 13.8. The summed E-state index contributed by atoms with van der Waals surface area (Å²) in [5.74, 6) is -14.4. The number of aliphatic carboxylic acids is 3. The lowest BCUT2D eigenvalue weighted by atomic mass is 10.0. The summed E-state index contributed by atoms with van der Waals surface area (Å²) < 4.78 is 0. The van der Waals surface area contributed by atoms with E-state index in [1.165, 1.54) is 26.4 Å². The minimum absolute atomic E-state index is 0.101. The lowest BCUT2D eigenvalue weighted by Crippen LogP contribution is -2.62. The third kappa shape index (κ3) is 21.0. The van der Waals surface area contributed by atoms with Crippen LogP contribution in [0.15, 0.2) is 12.5 Å². The highest BCUT2D eigenvalue weighted by Gasteiger charge is 2.36. The molecule has 0 aliphatic heterocycles. The third-order valence-electron chi connectivity index (χ3n) is 9.45. The molecule has 1 rings (SSSR count). The molecule has 0 bridgehead atoms. The fourth-order valence-corrected chi connectivity index (χ4v) is 6.21. The molecular formula is C38H61N11O16S2. The van der Waals surface area contributed by atoms with E-state index in [0.29, 0.717) is 0 Å². The fourth-order valence-electron chi connectivity index (χ4n) is 5.80. The van der Waals surface area contributed by atoms with Crippen molar-refractivity contribution in [1.82, 2.24) is 52.5 Å². The van der Waals surface area contributed by atoms with E-state index in [1.807, 2.05) is 0 Å². The Hall–Kier alpha value is -6.04. The number of amides is 8. The smallest absolute Gasteiger partial charge is 0.327 e. The van der Waals surface area contributed by atoms with Gasteiger partial charge in [0.1, 0.15) is 48.3 Å². The zero-order chi connectivity index (χ0) is 51.1. The number of nitrogens with zero attached hydrogens (tertiary/aromatic N) is 1. The number of hydrogen-bond acceptors (Lipinski definition) is 17. The number of aromatic nitrogens is 2. The summed E-state index contributed by atoms with van der Waals surface area (Å²) in [6.07, 6.45) is 0.153. The van der Waals surface area contributed by atoms with E-state index in [-0.39, 0.29) is 36.0 Å². The quantitative estimate of drug-likeness (QED) is 0.0308. The Morgan fingerprint density at radius 1 is 0.597 bits per heavy atom. The lowest BCUT2D eigenvalue weighted by molar-refractivity contribution is -0.143. The van der Waals surface area contributed by atoms with Crippen molar-refractivity contribution in [2.75, 3.05) is 24.7 Å². The van der Waals surface area contributed by atoms with Crippen molar-refractivity contribution >= 4 is 90.4 Å². The van der Waals surface area contributed by atoms with Crippen LogP contribution in [0.2, 0.25) is 0 Å². The fraction of sp³-hybridized carbons (Fsp3) is 0.632. The van der Waals surface area contributed by atoms with Crippen LogP contribution >= 0.6 is 25.3 Å². The van der Waals surface area contributed by atoms with E-state index < -0.39 is 158 Å². The molecule has 0 unspecified atom stereocenters. The first-order chi connectivity index (χ1) is 31.4. The Balaban J connectivity index is 3.32. The Morgan fingerprint density at radius 2 is 1.06 bits per heavy atom. The molecule has 0 saturated carbocycles. The van der Waals surface area contributed by atoms with Gasteiger partial charge in [0.15, 0.2) is 0 Å². The molecule has 8 amide bonds. The van der Waals surface area contributed by atoms with Crippen molar-refractivity contribution in [2.24, 2.45) is 17.6 Å². The number of carbonyl (C=O) groups excluding carboxylic acids is 8. The van der Waals surface area contributed by atoms with Crippen molar-refractivity contribution in [3.63, 3.8) is 0 Å². The molecule has 27 nitrogen and oxygen atoms in total. The van der Waals surface area contributed by atoms with Crippen LogP contribution in [0, 0.1) is 11.8 Å². The average Bonchev–Trinajstić information content (AvgIpc) is 3.77. The number of hydrogen-bond donors (Lipinski definition) is 17. The molecular weight excluding hydrogens is 931 g/mol. The van der Waals surface area contributed by atoms with E-state index in [4.69, 9.17) is 10.8 Å². The second-order valence-corrected chi connectivity index (χ2v) is 16.5. The Labute approximate surface area is 394 Å². The van der Waals surface area contributed by atoms with Gasteiger partial charge < -0.3 is 78.8 Å². The van der Waals surface area contributed by atoms with Crippen LogP contribution in [-0.4, -0.2) is 180 Å². The number of rotatable bonds is 31. The van der Waals surface area contributed by atoms with Gasteiger partial charge in [0, 0.05) is 36.2 Å². The van der Waals surface area contributed by atoms with Crippen LogP contribution in [0.4, 0.5) is 0 Å². The highest BCUT2D eigenvalue weighted by atomic mass is 32.1. The number of carboxylic acids is 3. The molecule has 0 saturated heterocycles. The van der Waals surface area contributed by atoms with Crippen LogP contribution in [0.5, 0.6) is 0 Å². The van der Waals surface area contributed by atoms with E-state index in [9.17, 15) is 73.2 Å². The predicted octanol–water partition coefficient (Wildman–Crippen LogP) is -5.87. The number of aromatic amines is 1. The first-order valence-corrected chi connectivity index (χ1v) is 21.9. The van der Waals surface area contributed by atoms with Gasteiger partial charge in [-0.1, -0.05) is 27.7 Å². The molecule has 67 heavy (non-hydrogen) atoms. The van der Waals surface area contributed by atoms with Crippen molar-refractivity contribution in [3.8, 4) is 0 Å². The van der Waals surface area contributed by atoms with Crippen molar-refractivity contribution < 1.29 is 78.3 Å². The van der Waals surface area contributed by atoms with Crippen LogP contribution in [0.25, 0.3) is 0 Å². The van der Waals surface area contributed by atoms with Gasteiger partial charge in [-0.25, -0.2) is 9.78 Å². The number of H-pyrrole nitrogens is 1. The van der Waals surface area contributed by atoms with Gasteiger partial charge in [-0.2, -0.15) is 25.3 Å². The summed E-state index contributed by atoms with van der Waals surface area (Å²) >= 11 is 7.76. The first-order valence-electron chi connectivity index (χ1n) is 20.6. The third-order valence-corrected chi connectivity index (χ3v) is 10.2. The molecule has 1 heterocycles. The minimum atomic E-state index is -1.80. The molecule has 0 aromatic carbocycles. The van der Waals surface area contributed by atoms with Crippen LogP contribution < -0.4 is 48.3 Å². The molecule has 29 heteroatoms. The summed E-state index contributed by atoms with van der Waals surface area (Å²) in [6, 6.07) is -14.1. The minimum Gasteiger partial charge on any atom is -0.481 e. The topological polar surface area (TPSA) is 440 Å². The maximum Gasteiger partial charge on any atom is 0.327 e. The Morgan fingerprint density at radius 3 is 1.51 bits per heavy atom. The van der Waals surface area contributed by atoms with Gasteiger partial charge in [-0.15, -0.1) is 0 Å². The number of aliphatic hydroxyl groups is 2. The molecule has 376 valence electrons. The van der Waals surface area contributed by atoms with Crippen molar-refractivity contribution in [3.05, 3.63) is 18.2 Å². The van der Waals surface area contributed by atoms with Crippen molar-refractivity contribution in [1.29, 1.82) is 0 Å². The van der Waals surface area contributed by atoms with Crippen LogP contribution in [0.3, 0.4) is 0 Å². The van der Waals surface area contributed by atoms with Gasteiger partial charge >= 0.3 is 17.9 Å². The van der Waals surface area contributed by atoms with Gasteiger partial charge in [0.2, 0.25) is 47.3 Å². The number of thiol groups is 2. The molecule has 16 N–H and O–H groups in total. The molecule has 0 radical (unpaired) electrons. The summed E-state index contributed by atoms with van der Waals surface area (Å²) in [6.45, 7) is 4.22. The monoisotopic (exact) mass is 991 g/mol. The number of nitrogens with two attached hydrogens (primary N) is 1. The number of aliphatic hydroxyl groups excluding tert-OH is 2. The zero-order valence-electron chi connectivity index (χ0n) is 37.0. The van der Waals surface area contributed by atoms with Gasteiger partial charge in [-0.3, -0.25) is 47.9 Å². The zero-order valence-corrected chi connectivity index (χ0v) is 38.8. The van der Waals surface area contributed by atoms with E-state index in [2.05, 4.69) is 77.8 Å².